The van der Waals surface area contributed by atoms with Gasteiger partial charge in [-0.05, 0) is 72.0 Å². The molecule has 5 rings (SSSR count). The molecule has 4 aromatic rings. The number of carbonyl (C=O) groups excluding carboxylic acids is 1. The highest BCUT2D eigenvalue weighted by molar-refractivity contribution is 6.31. The standard InChI is InChI=1S/C29H28ClN3O/c1-3-21-11-10-20(2)26(15-21)29(34)31-24-13-12-22(27(30)16-24)17-33-19-25-8-6-14-32(25)18-23-7-4-5-9-28(23)33/h4-16H,3,17-19H2,1-2H3,(H,31,34). The summed E-state index contributed by atoms with van der Waals surface area (Å²) in [6.07, 6.45) is 3.03. The molecule has 5 heteroatoms. The summed E-state index contributed by atoms with van der Waals surface area (Å²) in [5, 5.41) is 3.66. The van der Waals surface area contributed by atoms with Crippen molar-refractivity contribution in [1.82, 2.24) is 4.57 Å². The highest BCUT2D eigenvalue weighted by atomic mass is 35.5. The summed E-state index contributed by atoms with van der Waals surface area (Å²) in [5.74, 6) is -0.112. The summed E-state index contributed by atoms with van der Waals surface area (Å²) in [6, 6.07) is 24.6. The van der Waals surface area contributed by atoms with Gasteiger partial charge in [-0.1, -0.05) is 54.9 Å². The molecule has 0 aliphatic carbocycles. The molecule has 4 nitrogen and oxygen atoms in total. The molecule has 1 amide bonds. The second kappa shape index (κ2) is 9.40. The molecule has 0 radical (unpaired) electrons. The highest BCUT2D eigenvalue weighted by Crippen LogP contribution is 2.31. The summed E-state index contributed by atoms with van der Waals surface area (Å²) in [7, 11) is 0. The number of anilines is 2. The van der Waals surface area contributed by atoms with Crippen LogP contribution in [0.1, 0.15) is 45.2 Å². The fourth-order valence-electron chi connectivity index (χ4n) is 4.60. The number of aromatic nitrogens is 1. The predicted molar refractivity (Wildman–Crippen MR) is 140 cm³/mol. The average Bonchev–Trinajstić information content (AvgIpc) is 3.21. The molecule has 1 aromatic heterocycles. The Morgan fingerprint density at radius 3 is 2.68 bits per heavy atom. The summed E-state index contributed by atoms with van der Waals surface area (Å²) in [4.78, 5) is 15.3. The molecule has 2 heterocycles. The Kier molecular flexibility index (Phi) is 6.16. The molecular weight excluding hydrogens is 442 g/mol. The van der Waals surface area contributed by atoms with Crippen LogP contribution in [0, 0.1) is 6.92 Å². The number of amides is 1. The van der Waals surface area contributed by atoms with E-state index >= 15 is 0 Å². The molecule has 0 atom stereocenters. The first-order chi connectivity index (χ1) is 16.5. The zero-order valence-corrected chi connectivity index (χ0v) is 20.3. The van der Waals surface area contributed by atoms with Crippen molar-refractivity contribution in [2.75, 3.05) is 10.2 Å². The van der Waals surface area contributed by atoms with Crippen molar-refractivity contribution in [2.45, 2.75) is 39.9 Å². The third kappa shape index (κ3) is 4.46. The van der Waals surface area contributed by atoms with Gasteiger partial charge in [-0.3, -0.25) is 4.79 Å². The molecule has 34 heavy (non-hydrogen) atoms. The van der Waals surface area contributed by atoms with Gasteiger partial charge in [0, 0.05) is 46.9 Å². The van der Waals surface area contributed by atoms with Gasteiger partial charge in [-0.25, -0.2) is 0 Å². The van der Waals surface area contributed by atoms with E-state index in [0.717, 1.165) is 36.2 Å². The van der Waals surface area contributed by atoms with Crippen LogP contribution < -0.4 is 10.2 Å². The average molecular weight is 470 g/mol. The van der Waals surface area contributed by atoms with E-state index in [9.17, 15) is 4.79 Å². The van der Waals surface area contributed by atoms with Crippen LogP contribution in [0.4, 0.5) is 11.4 Å². The van der Waals surface area contributed by atoms with Gasteiger partial charge in [0.15, 0.2) is 0 Å². The highest BCUT2D eigenvalue weighted by Gasteiger charge is 2.20. The third-order valence-corrected chi connectivity index (χ3v) is 6.93. The Hall–Kier alpha value is -3.50. The molecule has 0 spiro atoms. The molecule has 0 bridgehead atoms. The monoisotopic (exact) mass is 469 g/mol. The smallest absolute Gasteiger partial charge is 0.255 e. The van der Waals surface area contributed by atoms with Crippen molar-refractivity contribution in [3.8, 4) is 0 Å². The Balaban J connectivity index is 1.37. The van der Waals surface area contributed by atoms with Crippen LogP contribution in [0.2, 0.25) is 5.02 Å². The van der Waals surface area contributed by atoms with E-state index in [1.165, 1.54) is 16.9 Å². The molecule has 0 unspecified atom stereocenters. The minimum atomic E-state index is -0.112. The number of hydrogen-bond acceptors (Lipinski definition) is 2. The van der Waals surface area contributed by atoms with Gasteiger partial charge in [0.1, 0.15) is 0 Å². The lowest BCUT2D eigenvalue weighted by atomic mass is 10.0. The summed E-state index contributed by atoms with van der Waals surface area (Å²) in [5.41, 5.74) is 8.33. The SMILES string of the molecule is CCc1ccc(C)c(C(=O)Nc2ccc(CN3Cc4cccn4Cc4ccccc43)c(Cl)c2)c1. The van der Waals surface area contributed by atoms with E-state index in [2.05, 4.69) is 70.4 Å². The number of hydrogen-bond donors (Lipinski definition) is 1. The zero-order valence-electron chi connectivity index (χ0n) is 19.5. The lowest BCUT2D eigenvalue weighted by molar-refractivity contribution is 0.102. The molecular formula is C29H28ClN3O. The largest absolute Gasteiger partial charge is 0.361 e. The Labute approximate surface area is 205 Å². The van der Waals surface area contributed by atoms with Gasteiger partial charge in [0.05, 0.1) is 6.54 Å². The third-order valence-electron chi connectivity index (χ3n) is 6.58. The van der Waals surface area contributed by atoms with Crippen molar-refractivity contribution < 1.29 is 4.79 Å². The molecule has 3 aromatic carbocycles. The van der Waals surface area contributed by atoms with Gasteiger partial charge in [-0.2, -0.15) is 0 Å². The number of rotatable bonds is 5. The maximum Gasteiger partial charge on any atom is 0.255 e. The summed E-state index contributed by atoms with van der Waals surface area (Å²) < 4.78 is 2.30. The number of carbonyl (C=O) groups is 1. The molecule has 1 aliphatic rings. The number of para-hydroxylation sites is 1. The van der Waals surface area contributed by atoms with E-state index in [0.29, 0.717) is 22.8 Å². The van der Waals surface area contributed by atoms with Crippen LogP contribution in [-0.4, -0.2) is 10.5 Å². The number of benzene rings is 3. The van der Waals surface area contributed by atoms with E-state index in [-0.39, 0.29) is 5.91 Å². The Morgan fingerprint density at radius 2 is 1.85 bits per heavy atom. The maximum absolute atomic E-state index is 12.9. The fourth-order valence-corrected chi connectivity index (χ4v) is 4.84. The first-order valence-corrected chi connectivity index (χ1v) is 12.1. The van der Waals surface area contributed by atoms with Gasteiger partial charge in [-0.15, -0.1) is 0 Å². The van der Waals surface area contributed by atoms with E-state index in [4.69, 9.17) is 11.6 Å². The molecule has 1 N–H and O–H groups in total. The molecule has 0 saturated carbocycles. The van der Waals surface area contributed by atoms with Crippen molar-refractivity contribution in [3.63, 3.8) is 0 Å². The van der Waals surface area contributed by atoms with E-state index in [1.54, 1.807) is 0 Å². The zero-order chi connectivity index (χ0) is 23.7. The van der Waals surface area contributed by atoms with Crippen LogP contribution in [0.25, 0.3) is 0 Å². The second-order valence-corrected chi connectivity index (χ2v) is 9.28. The van der Waals surface area contributed by atoms with Crippen LogP contribution >= 0.6 is 11.6 Å². The first kappa shape index (κ1) is 22.3. The fraction of sp³-hybridized carbons (Fsp3) is 0.207. The van der Waals surface area contributed by atoms with Crippen LogP contribution in [0.5, 0.6) is 0 Å². The Bertz CT molecular complexity index is 1360. The van der Waals surface area contributed by atoms with Gasteiger partial charge >= 0.3 is 0 Å². The van der Waals surface area contributed by atoms with Gasteiger partial charge < -0.3 is 14.8 Å². The number of aryl methyl sites for hydroxylation is 2. The quantitative estimate of drug-likeness (QED) is 0.347. The molecule has 0 saturated heterocycles. The van der Waals surface area contributed by atoms with Gasteiger partial charge in [0.25, 0.3) is 5.91 Å². The molecule has 172 valence electrons. The molecule has 0 fully saturated rings. The van der Waals surface area contributed by atoms with Crippen LogP contribution in [0.15, 0.2) is 79.0 Å². The minimum absolute atomic E-state index is 0.112. The van der Waals surface area contributed by atoms with Crippen LogP contribution in [0.3, 0.4) is 0 Å². The van der Waals surface area contributed by atoms with Crippen LogP contribution in [-0.2, 0) is 26.1 Å². The number of nitrogens with one attached hydrogen (secondary N) is 1. The molecule has 1 aliphatic heterocycles. The summed E-state index contributed by atoms with van der Waals surface area (Å²) in [6.45, 7) is 6.41. The number of fused-ring (bicyclic) bond motifs is 2. The van der Waals surface area contributed by atoms with E-state index < -0.39 is 0 Å². The normalized spacial score (nSPS) is 12.6. The number of nitrogens with zero attached hydrogens (tertiary/aromatic N) is 2. The van der Waals surface area contributed by atoms with Crippen molar-refractivity contribution in [1.29, 1.82) is 0 Å². The summed E-state index contributed by atoms with van der Waals surface area (Å²) >= 11 is 6.72. The maximum atomic E-state index is 12.9. The second-order valence-electron chi connectivity index (χ2n) is 8.88. The number of halogens is 1. The lowest BCUT2D eigenvalue weighted by Crippen LogP contribution is -2.22. The Morgan fingerprint density at radius 1 is 1.00 bits per heavy atom. The van der Waals surface area contributed by atoms with Crippen molar-refractivity contribution >= 4 is 28.9 Å². The minimum Gasteiger partial charge on any atom is -0.361 e. The topological polar surface area (TPSA) is 37.3 Å². The van der Waals surface area contributed by atoms with Crippen molar-refractivity contribution in [3.05, 3.63) is 118 Å². The van der Waals surface area contributed by atoms with Crippen molar-refractivity contribution in [2.24, 2.45) is 0 Å². The lowest BCUT2D eigenvalue weighted by Gasteiger charge is -2.25. The predicted octanol–water partition coefficient (Wildman–Crippen LogP) is 6.83. The first-order valence-electron chi connectivity index (χ1n) is 11.7. The van der Waals surface area contributed by atoms with E-state index in [1.807, 2.05) is 37.3 Å². The van der Waals surface area contributed by atoms with Gasteiger partial charge in [0.2, 0.25) is 0 Å².